The Morgan fingerprint density at radius 2 is 1.82 bits per heavy atom. The number of aromatic hydroxyl groups is 4. The van der Waals surface area contributed by atoms with Gasteiger partial charge in [0.2, 0.25) is 0 Å². The lowest BCUT2D eigenvalue weighted by molar-refractivity contribution is -0.247. The molecular weight excluding hydrogens is 514 g/mol. The Kier molecular flexibility index (Phi) is 6.66. The number of phenols is 4. The zero-order valence-electron chi connectivity index (χ0n) is 20.9. The second kappa shape index (κ2) is 9.59. The third kappa shape index (κ3) is 4.07. The lowest BCUT2D eigenvalue weighted by Crippen LogP contribution is -2.52. The molecule has 1 heterocycles. The van der Waals surface area contributed by atoms with E-state index in [1.165, 1.54) is 18.2 Å². The third-order valence-electron chi connectivity index (χ3n) is 7.82. The number of nitrogens with two attached hydrogens (primary N) is 1. The van der Waals surface area contributed by atoms with Gasteiger partial charge in [-0.15, -0.1) is 0 Å². The van der Waals surface area contributed by atoms with Crippen LogP contribution in [0.4, 0.5) is 0 Å². The molecule has 6 atom stereocenters. The average molecular weight is 544 g/mol. The Hall–Kier alpha value is -3.52. The zero-order valence-corrected chi connectivity index (χ0v) is 20.9. The molecule has 0 aromatic heterocycles. The van der Waals surface area contributed by atoms with E-state index in [9.17, 15) is 45.3 Å². The van der Waals surface area contributed by atoms with Crippen molar-refractivity contribution in [2.24, 2.45) is 5.73 Å². The number of Topliss-reactive ketones (excluding diaryl/α,β-unsaturated/α-hetero) is 1. The highest BCUT2D eigenvalue weighted by atomic mass is 16.7. The number of phenolic OH excluding ortho intramolecular Hbond substituents is 4. The third-order valence-corrected chi connectivity index (χ3v) is 7.82. The number of aliphatic hydroxyl groups excluding tert-OH is 2. The van der Waals surface area contributed by atoms with Gasteiger partial charge < -0.3 is 51.0 Å². The van der Waals surface area contributed by atoms with Crippen molar-refractivity contribution in [3.05, 3.63) is 34.9 Å². The zero-order chi connectivity index (χ0) is 28.4. The van der Waals surface area contributed by atoms with E-state index in [4.69, 9.17) is 15.2 Å². The minimum absolute atomic E-state index is 0.0155. The van der Waals surface area contributed by atoms with E-state index < -0.39 is 84.5 Å². The molecule has 39 heavy (non-hydrogen) atoms. The van der Waals surface area contributed by atoms with Crippen molar-refractivity contribution in [2.75, 3.05) is 6.61 Å². The van der Waals surface area contributed by atoms with Gasteiger partial charge in [-0.25, -0.2) is 0 Å². The number of aldehydes is 1. The van der Waals surface area contributed by atoms with Crippen molar-refractivity contribution in [1.82, 2.24) is 0 Å². The quantitative estimate of drug-likeness (QED) is 0.127. The lowest BCUT2D eigenvalue weighted by Gasteiger charge is -2.41. The van der Waals surface area contributed by atoms with Gasteiger partial charge in [-0.1, -0.05) is 18.2 Å². The van der Waals surface area contributed by atoms with Crippen LogP contribution in [0.15, 0.2) is 18.2 Å². The first-order chi connectivity index (χ1) is 18.4. The molecule has 0 spiro atoms. The fourth-order valence-electron chi connectivity index (χ4n) is 5.77. The minimum Gasteiger partial charge on any atom is -0.507 e. The van der Waals surface area contributed by atoms with E-state index in [0.717, 1.165) is 0 Å². The highest BCUT2D eigenvalue weighted by molar-refractivity contribution is 6.18. The van der Waals surface area contributed by atoms with Crippen LogP contribution in [0.25, 0.3) is 21.5 Å². The van der Waals surface area contributed by atoms with Gasteiger partial charge >= 0.3 is 0 Å². The van der Waals surface area contributed by atoms with E-state index in [2.05, 4.69) is 0 Å². The topological polar surface area (TPSA) is 220 Å². The molecule has 12 nitrogen and oxygen atoms in total. The molecule has 1 unspecified atom stereocenters. The standard InChI is InChI=1S/C27H29NO11/c1-10-22(32)14(28)5-17(38-10)39-15-7-27(37,16(31)9-30)6-13-19(15)26(36)21-20(24(13)34)23(33)12-4-2-3-11(8-29)18(12)25(21)35/h2-4,8,10,14-15,17,22,30,32-37H,5-7,9,28H2,1H3/t10-,14-,15+,17?,22+,27-/m0/s1. The van der Waals surface area contributed by atoms with E-state index in [0.29, 0.717) is 6.29 Å². The van der Waals surface area contributed by atoms with Crippen molar-refractivity contribution in [2.45, 2.75) is 62.4 Å². The summed E-state index contributed by atoms with van der Waals surface area (Å²) in [5.41, 5.74) is 3.54. The first-order valence-corrected chi connectivity index (χ1v) is 12.4. The summed E-state index contributed by atoms with van der Waals surface area (Å²) in [5, 5.41) is 75.3. The molecule has 5 rings (SSSR count). The van der Waals surface area contributed by atoms with Crippen molar-refractivity contribution in [3.63, 3.8) is 0 Å². The second-order valence-electron chi connectivity index (χ2n) is 10.2. The van der Waals surface area contributed by atoms with Crippen LogP contribution in [0.2, 0.25) is 0 Å². The summed E-state index contributed by atoms with van der Waals surface area (Å²) in [4.78, 5) is 24.3. The van der Waals surface area contributed by atoms with Crippen LogP contribution >= 0.6 is 0 Å². The van der Waals surface area contributed by atoms with Crippen LogP contribution < -0.4 is 5.73 Å². The Morgan fingerprint density at radius 1 is 1.13 bits per heavy atom. The van der Waals surface area contributed by atoms with Gasteiger partial charge in [-0.2, -0.15) is 0 Å². The summed E-state index contributed by atoms with van der Waals surface area (Å²) in [7, 11) is 0. The van der Waals surface area contributed by atoms with Crippen molar-refractivity contribution < 1.29 is 54.8 Å². The summed E-state index contributed by atoms with van der Waals surface area (Å²) in [6.45, 7) is 0.561. The summed E-state index contributed by atoms with van der Waals surface area (Å²) in [5.74, 6) is -3.38. The maximum Gasteiger partial charge on any atom is 0.190 e. The fourth-order valence-corrected chi connectivity index (χ4v) is 5.77. The second-order valence-corrected chi connectivity index (χ2v) is 10.2. The van der Waals surface area contributed by atoms with Gasteiger partial charge in [0.05, 0.1) is 29.1 Å². The fraction of sp³-hybridized carbons (Fsp3) is 0.407. The van der Waals surface area contributed by atoms with Gasteiger partial charge in [0, 0.05) is 52.8 Å². The van der Waals surface area contributed by atoms with E-state index in [1.54, 1.807) is 6.92 Å². The molecule has 1 aliphatic heterocycles. The lowest BCUT2D eigenvalue weighted by atomic mass is 9.74. The largest absolute Gasteiger partial charge is 0.507 e. The summed E-state index contributed by atoms with van der Waals surface area (Å²) >= 11 is 0. The van der Waals surface area contributed by atoms with Crippen LogP contribution in [-0.4, -0.2) is 84.6 Å². The van der Waals surface area contributed by atoms with Gasteiger partial charge in [0.25, 0.3) is 0 Å². The summed E-state index contributed by atoms with van der Waals surface area (Å²) in [6.07, 6.45) is -4.63. The molecular formula is C27H29NO11. The number of carbonyl (C=O) groups is 2. The number of ether oxygens (including phenoxy) is 2. The Labute approximate surface area is 221 Å². The maximum absolute atomic E-state index is 12.6. The van der Waals surface area contributed by atoms with Gasteiger partial charge in [-0.3, -0.25) is 9.59 Å². The highest BCUT2D eigenvalue weighted by Gasteiger charge is 2.48. The smallest absolute Gasteiger partial charge is 0.190 e. The number of hydrogen-bond acceptors (Lipinski definition) is 12. The molecule has 208 valence electrons. The van der Waals surface area contributed by atoms with E-state index in [-0.39, 0.29) is 44.7 Å². The molecule has 1 aliphatic carbocycles. The molecule has 1 saturated heterocycles. The monoisotopic (exact) mass is 543 g/mol. The van der Waals surface area contributed by atoms with Gasteiger partial charge in [0.15, 0.2) is 18.4 Å². The van der Waals surface area contributed by atoms with Crippen molar-refractivity contribution >= 4 is 33.6 Å². The van der Waals surface area contributed by atoms with Gasteiger partial charge in [0.1, 0.15) is 35.2 Å². The number of benzene rings is 3. The molecule has 9 N–H and O–H groups in total. The molecule has 0 saturated carbocycles. The van der Waals surface area contributed by atoms with E-state index >= 15 is 0 Å². The Balaban J connectivity index is 1.77. The Morgan fingerprint density at radius 3 is 2.46 bits per heavy atom. The highest BCUT2D eigenvalue weighted by Crippen LogP contribution is 2.56. The summed E-state index contributed by atoms with van der Waals surface area (Å²) < 4.78 is 11.7. The van der Waals surface area contributed by atoms with Crippen LogP contribution in [0, 0.1) is 0 Å². The molecule has 0 bridgehead atoms. The van der Waals surface area contributed by atoms with Crippen molar-refractivity contribution in [1.29, 1.82) is 0 Å². The van der Waals surface area contributed by atoms with Crippen molar-refractivity contribution in [3.8, 4) is 23.0 Å². The number of fused-ring (bicyclic) bond motifs is 3. The number of ketones is 1. The molecule has 3 aromatic rings. The van der Waals surface area contributed by atoms with E-state index in [1.807, 2.05) is 0 Å². The first kappa shape index (κ1) is 27.1. The van der Waals surface area contributed by atoms with Gasteiger partial charge in [-0.05, 0) is 6.92 Å². The Bertz CT molecular complexity index is 1490. The molecule has 3 aromatic carbocycles. The minimum atomic E-state index is -2.23. The summed E-state index contributed by atoms with van der Waals surface area (Å²) in [6, 6.07) is 3.54. The predicted molar refractivity (Wildman–Crippen MR) is 136 cm³/mol. The number of carbonyl (C=O) groups excluding carboxylic acids is 2. The number of rotatable bonds is 5. The number of hydrogen-bond donors (Lipinski definition) is 8. The predicted octanol–water partition coefficient (Wildman–Crippen LogP) is 0.747. The van der Waals surface area contributed by atoms with Crippen LogP contribution in [-0.2, 0) is 20.7 Å². The number of aliphatic hydroxyl groups is 3. The maximum atomic E-state index is 12.6. The van der Waals surface area contributed by atoms with Crippen LogP contribution in [0.1, 0.15) is 47.4 Å². The molecule has 0 amide bonds. The average Bonchev–Trinajstić information content (AvgIpc) is 2.90. The SMILES string of the molecule is C[C@@H]1OC(O[C@@H]2C[C@](O)(C(=O)CO)Cc3c2c(O)c2c(O)c4c(C=O)cccc4c(O)c2c3O)C[C@H](N)[C@@H]1O. The van der Waals surface area contributed by atoms with Crippen LogP contribution in [0.5, 0.6) is 23.0 Å². The molecule has 12 heteroatoms. The molecule has 0 radical (unpaired) electrons. The van der Waals surface area contributed by atoms with Crippen LogP contribution in [0.3, 0.4) is 0 Å². The molecule has 1 fully saturated rings. The first-order valence-electron chi connectivity index (χ1n) is 12.4. The molecule has 2 aliphatic rings. The normalized spacial score (nSPS) is 28.9.